The van der Waals surface area contributed by atoms with Gasteiger partial charge in [-0.2, -0.15) is 0 Å². The minimum absolute atomic E-state index is 0.0356. The van der Waals surface area contributed by atoms with E-state index >= 15 is 0 Å². The number of benzene rings is 3. The molecule has 3 nitrogen and oxygen atoms in total. The Hall–Kier alpha value is -2.91. The zero-order chi connectivity index (χ0) is 19.0. The molecule has 0 aliphatic carbocycles. The van der Waals surface area contributed by atoms with Crippen LogP contribution in [0.25, 0.3) is 0 Å². The third-order valence-electron chi connectivity index (χ3n) is 5.29. The van der Waals surface area contributed by atoms with Gasteiger partial charge in [0.2, 0.25) is 5.60 Å². The van der Waals surface area contributed by atoms with E-state index in [4.69, 9.17) is 4.84 Å². The predicted octanol–water partition coefficient (Wildman–Crippen LogP) is 5.08. The maximum atomic E-state index is 13.5. The van der Waals surface area contributed by atoms with Crippen LogP contribution in [0.4, 0.5) is 0 Å². The Labute approximate surface area is 160 Å². The first-order valence-corrected chi connectivity index (χ1v) is 9.24. The second kappa shape index (κ2) is 6.67. The third kappa shape index (κ3) is 2.84. The Morgan fingerprint density at radius 1 is 0.778 bits per heavy atom. The molecule has 0 aromatic heterocycles. The van der Waals surface area contributed by atoms with Gasteiger partial charge >= 0.3 is 0 Å². The lowest BCUT2D eigenvalue weighted by molar-refractivity contribution is -0.314. The van der Waals surface area contributed by atoms with Gasteiger partial charge in [0, 0.05) is 11.1 Å². The number of carbonyl (C=O) groups is 1. The first-order chi connectivity index (χ1) is 13.0. The highest BCUT2D eigenvalue weighted by atomic mass is 16.7. The minimum Gasteiger partial charge on any atom is -0.268 e. The van der Waals surface area contributed by atoms with Gasteiger partial charge in [0.1, 0.15) is 0 Å². The van der Waals surface area contributed by atoms with Gasteiger partial charge in [-0.05, 0) is 26.3 Å². The summed E-state index contributed by atoms with van der Waals surface area (Å²) in [6.07, 6.45) is 0. The largest absolute Gasteiger partial charge is 0.291 e. The average Bonchev–Trinajstić information content (AvgIpc) is 2.70. The van der Waals surface area contributed by atoms with E-state index in [2.05, 4.69) is 0 Å². The average molecular weight is 357 g/mol. The highest BCUT2D eigenvalue weighted by molar-refractivity contribution is 5.93. The first-order valence-electron chi connectivity index (χ1n) is 9.24. The van der Waals surface area contributed by atoms with Crippen LogP contribution in [0.1, 0.15) is 40.8 Å². The fourth-order valence-corrected chi connectivity index (χ4v) is 3.56. The highest BCUT2D eigenvalue weighted by Gasteiger charge is 2.58. The van der Waals surface area contributed by atoms with E-state index in [1.165, 1.54) is 5.06 Å². The van der Waals surface area contributed by atoms with Crippen molar-refractivity contribution in [2.45, 2.75) is 32.4 Å². The van der Waals surface area contributed by atoms with Crippen LogP contribution in [-0.2, 0) is 15.2 Å². The second-order valence-electron chi connectivity index (χ2n) is 7.22. The molecule has 1 aliphatic heterocycles. The van der Waals surface area contributed by atoms with Crippen molar-refractivity contribution in [3.63, 3.8) is 0 Å². The van der Waals surface area contributed by atoms with Gasteiger partial charge in [-0.3, -0.25) is 4.79 Å². The smallest absolute Gasteiger partial charge is 0.268 e. The molecular weight excluding hydrogens is 334 g/mol. The molecule has 3 aromatic carbocycles. The van der Waals surface area contributed by atoms with Gasteiger partial charge in [-0.25, -0.2) is 9.90 Å². The van der Waals surface area contributed by atoms with Crippen LogP contribution in [0.5, 0.6) is 0 Å². The molecule has 0 bridgehead atoms. The molecule has 1 aliphatic rings. The number of hydrogen-bond donors (Lipinski definition) is 0. The monoisotopic (exact) mass is 357 g/mol. The highest BCUT2D eigenvalue weighted by Crippen LogP contribution is 2.47. The van der Waals surface area contributed by atoms with E-state index in [0.29, 0.717) is 0 Å². The van der Waals surface area contributed by atoms with Crippen molar-refractivity contribution in [1.82, 2.24) is 5.06 Å². The van der Waals surface area contributed by atoms with Crippen LogP contribution < -0.4 is 0 Å². The van der Waals surface area contributed by atoms with Crippen molar-refractivity contribution in [2.24, 2.45) is 0 Å². The van der Waals surface area contributed by atoms with Crippen molar-refractivity contribution >= 4 is 5.91 Å². The Balaban J connectivity index is 1.74. The van der Waals surface area contributed by atoms with Crippen LogP contribution >= 0.6 is 0 Å². The zero-order valence-electron chi connectivity index (χ0n) is 15.8. The van der Waals surface area contributed by atoms with Crippen LogP contribution in [-0.4, -0.2) is 11.0 Å². The summed E-state index contributed by atoms with van der Waals surface area (Å²) >= 11 is 0. The van der Waals surface area contributed by atoms with Crippen LogP contribution in [0.2, 0.25) is 0 Å². The number of rotatable bonds is 4. The Kier molecular flexibility index (Phi) is 4.33. The molecule has 1 heterocycles. The van der Waals surface area contributed by atoms with E-state index in [1.54, 1.807) is 0 Å². The molecular formula is C24H23NO2. The molecule has 0 saturated carbocycles. The lowest BCUT2D eigenvalue weighted by atomic mass is 9.82. The standard InChI is InChI=1S/C24H23NO2/c1-17-9-13-21(14-10-17)24(22-15-11-18(2)12-16-22)23(26)25(27-24)19(3)20-7-5-4-6-8-20/h4-16,19H,1-3H3. The fourth-order valence-electron chi connectivity index (χ4n) is 3.56. The minimum atomic E-state index is -1.08. The Morgan fingerprint density at radius 2 is 1.26 bits per heavy atom. The molecule has 1 saturated heterocycles. The summed E-state index contributed by atoms with van der Waals surface area (Å²) in [4.78, 5) is 19.8. The topological polar surface area (TPSA) is 29.5 Å². The van der Waals surface area contributed by atoms with Gasteiger partial charge in [0.15, 0.2) is 0 Å². The van der Waals surface area contributed by atoms with E-state index in [9.17, 15) is 4.79 Å². The van der Waals surface area contributed by atoms with Crippen LogP contribution in [0.3, 0.4) is 0 Å². The first kappa shape index (κ1) is 17.5. The second-order valence-corrected chi connectivity index (χ2v) is 7.22. The van der Waals surface area contributed by atoms with Crippen molar-refractivity contribution in [3.05, 3.63) is 107 Å². The summed E-state index contributed by atoms with van der Waals surface area (Å²) in [7, 11) is 0. The normalized spacial score (nSPS) is 16.7. The molecule has 0 radical (unpaired) electrons. The van der Waals surface area contributed by atoms with Gasteiger partial charge < -0.3 is 0 Å². The molecule has 0 N–H and O–H groups in total. The van der Waals surface area contributed by atoms with Crippen LogP contribution in [0, 0.1) is 13.8 Å². The summed E-state index contributed by atoms with van der Waals surface area (Å²) in [5.41, 5.74) is 3.99. The maximum Gasteiger partial charge on any atom is 0.291 e. The number of aryl methyl sites for hydroxylation is 2. The number of carbonyl (C=O) groups excluding carboxylic acids is 1. The summed E-state index contributed by atoms with van der Waals surface area (Å²) in [6.45, 7) is 6.06. The molecule has 1 atom stereocenters. The van der Waals surface area contributed by atoms with Gasteiger partial charge in [-0.1, -0.05) is 90.0 Å². The van der Waals surface area contributed by atoms with E-state index in [-0.39, 0.29) is 11.9 Å². The van der Waals surface area contributed by atoms with Gasteiger partial charge in [0.05, 0.1) is 6.04 Å². The van der Waals surface area contributed by atoms with E-state index < -0.39 is 5.60 Å². The molecule has 136 valence electrons. The number of amides is 1. The van der Waals surface area contributed by atoms with Crippen molar-refractivity contribution in [3.8, 4) is 0 Å². The third-order valence-corrected chi connectivity index (χ3v) is 5.29. The van der Waals surface area contributed by atoms with Crippen LogP contribution in [0.15, 0.2) is 78.9 Å². The van der Waals surface area contributed by atoms with E-state index in [0.717, 1.165) is 27.8 Å². The lowest BCUT2D eigenvalue weighted by Gasteiger charge is -2.50. The summed E-state index contributed by atoms with van der Waals surface area (Å²) in [5.74, 6) is -0.0356. The van der Waals surface area contributed by atoms with E-state index in [1.807, 2.05) is 99.6 Å². The molecule has 0 spiro atoms. The zero-order valence-corrected chi connectivity index (χ0v) is 15.8. The van der Waals surface area contributed by atoms with Crippen molar-refractivity contribution in [1.29, 1.82) is 0 Å². The molecule has 3 aromatic rings. The number of nitrogens with zero attached hydrogens (tertiary/aromatic N) is 1. The maximum absolute atomic E-state index is 13.5. The summed E-state index contributed by atoms with van der Waals surface area (Å²) in [5, 5.41) is 1.50. The molecule has 1 amide bonds. The van der Waals surface area contributed by atoms with Crippen molar-refractivity contribution < 1.29 is 9.63 Å². The SMILES string of the molecule is Cc1ccc(C2(c3ccc(C)cc3)ON(C(C)c3ccccc3)C2=O)cc1. The Morgan fingerprint density at radius 3 is 1.70 bits per heavy atom. The van der Waals surface area contributed by atoms with Gasteiger partial charge in [-0.15, -0.1) is 0 Å². The summed E-state index contributed by atoms with van der Waals surface area (Å²) < 4.78 is 0. The molecule has 27 heavy (non-hydrogen) atoms. The van der Waals surface area contributed by atoms with Crippen molar-refractivity contribution in [2.75, 3.05) is 0 Å². The lowest BCUT2D eigenvalue weighted by Crippen LogP contribution is -2.63. The number of hydroxylamine groups is 2. The Bertz CT molecular complexity index is 900. The molecule has 1 fully saturated rings. The number of hydrogen-bond acceptors (Lipinski definition) is 2. The quantitative estimate of drug-likeness (QED) is 0.651. The van der Waals surface area contributed by atoms with Gasteiger partial charge in [0.25, 0.3) is 5.91 Å². The fraction of sp³-hybridized carbons (Fsp3) is 0.208. The molecule has 3 heteroatoms. The summed E-state index contributed by atoms with van der Waals surface area (Å²) in [6, 6.07) is 25.8. The molecule has 1 unspecified atom stereocenters. The predicted molar refractivity (Wildman–Crippen MR) is 106 cm³/mol. The molecule has 4 rings (SSSR count).